The predicted molar refractivity (Wildman–Crippen MR) is 112 cm³/mol. The third kappa shape index (κ3) is 5.14. The Hall–Kier alpha value is -2.31. The Morgan fingerprint density at radius 1 is 1.25 bits per heavy atom. The largest absolute Gasteiger partial charge is 0.361 e. The second-order valence-electron chi connectivity index (χ2n) is 6.65. The van der Waals surface area contributed by atoms with Gasteiger partial charge in [0.1, 0.15) is 10.8 Å². The number of aryl methyl sites for hydroxylation is 2. The number of amides is 1. The van der Waals surface area contributed by atoms with Gasteiger partial charge < -0.3 is 9.84 Å². The molecule has 1 unspecified atom stereocenters. The Morgan fingerprint density at radius 3 is 2.68 bits per heavy atom. The predicted octanol–water partition coefficient (Wildman–Crippen LogP) is 4.99. The molecule has 146 valence electrons. The van der Waals surface area contributed by atoms with Gasteiger partial charge in [-0.2, -0.15) is 0 Å². The van der Waals surface area contributed by atoms with E-state index in [4.69, 9.17) is 16.1 Å². The van der Waals surface area contributed by atoms with E-state index in [0.29, 0.717) is 21.4 Å². The van der Waals surface area contributed by atoms with Crippen molar-refractivity contribution >= 4 is 29.3 Å². The monoisotopic (exact) mass is 415 g/mol. The summed E-state index contributed by atoms with van der Waals surface area (Å²) in [7, 11) is 0. The Morgan fingerprint density at radius 2 is 2.00 bits per heavy atom. The topological polar surface area (TPSA) is 68.0 Å². The molecule has 1 aromatic carbocycles. The summed E-state index contributed by atoms with van der Waals surface area (Å²) in [5.74, 6) is 1.32. The summed E-state index contributed by atoms with van der Waals surface area (Å²) in [6.45, 7) is 5.79. The second kappa shape index (κ2) is 9.26. The van der Waals surface area contributed by atoms with Crippen LogP contribution in [0.5, 0.6) is 0 Å². The van der Waals surface area contributed by atoms with Gasteiger partial charge in [-0.25, -0.2) is 4.98 Å². The third-order valence-corrected chi connectivity index (χ3v) is 5.67. The maximum atomic E-state index is 12.8. The van der Waals surface area contributed by atoms with E-state index in [2.05, 4.69) is 15.5 Å². The number of carbonyl (C=O) groups excluding carboxylic acids is 1. The molecule has 2 heterocycles. The van der Waals surface area contributed by atoms with Crippen molar-refractivity contribution in [2.75, 3.05) is 0 Å². The van der Waals surface area contributed by atoms with Crippen LogP contribution < -0.4 is 5.32 Å². The summed E-state index contributed by atoms with van der Waals surface area (Å²) in [6, 6.07) is 11.2. The van der Waals surface area contributed by atoms with Gasteiger partial charge in [-0.05, 0) is 57.0 Å². The summed E-state index contributed by atoms with van der Waals surface area (Å²) >= 11 is 7.43. The van der Waals surface area contributed by atoms with Crippen LogP contribution in [0.3, 0.4) is 0 Å². The second-order valence-corrected chi connectivity index (χ2v) is 8.05. The first-order chi connectivity index (χ1) is 13.4. The van der Waals surface area contributed by atoms with Crippen LogP contribution in [-0.2, 0) is 12.2 Å². The van der Waals surface area contributed by atoms with Crippen LogP contribution in [0.4, 0.5) is 0 Å². The molecule has 28 heavy (non-hydrogen) atoms. The molecule has 0 aliphatic rings. The Bertz CT molecular complexity index is 937. The van der Waals surface area contributed by atoms with E-state index in [1.54, 1.807) is 18.3 Å². The van der Waals surface area contributed by atoms with Gasteiger partial charge in [0.05, 0.1) is 11.3 Å². The van der Waals surface area contributed by atoms with Crippen LogP contribution in [0.25, 0.3) is 0 Å². The van der Waals surface area contributed by atoms with Crippen LogP contribution in [-0.4, -0.2) is 22.1 Å². The van der Waals surface area contributed by atoms with Gasteiger partial charge in [0, 0.05) is 28.6 Å². The first kappa shape index (κ1) is 20.4. The van der Waals surface area contributed by atoms with Gasteiger partial charge in [0.2, 0.25) is 0 Å². The van der Waals surface area contributed by atoms with Crippen molar-refractivity contribution in [3.8, 4) is 0 Å². The molecule has 5 nitrogen and oxygen atoms in total. The molecule has 0 saturated heterocycles. The summed E-state index contributed by atoms with van der Waals surface area (Å²) in [5, 5.41) is 8.43. The highest BCUT2D eigenvalue weighted by Gasteiger charge is 2.17. The normalized spacial score (nSPS) is 12.0. The number of hydrogen-bond acceptors (Lipinski definition) is 5. The zero-order chi connectivity index (χ0) is 20.1. The zero-order valence-corrected chi connectivity index (χ0v) is 17.6. The zero-order valence-electron chi connectivity index (χ0n) is 16.0. The fourth-order valence-electron chi connectivity index (χ4n) is 2.85. The van der Waals surface area contributed by atoms with E-state index in [9.17, 15) is 4.79 Å². The molecule has 0 bridgehead atoms. The van der Waals surface area contributed by atoms with Crippen molar-refractivity contribution in [1.29, 1.82) is 0 Å². The number of pyridine rings is 1. The van der Waals surface area contributed by atoms with E-state index >= 15 is 0 Å². The van der Waals surface area contributed by atoms with Crippen molar-refractivity contribution in [3.05, 3.63) is 75.8 Å². The van der Waals surface area contributed by atoms with Crippen LogP contribution in [0.1, 0.15) is 39.9 Å². The van der Waals surface area contributed by atoms with Crippen molar-refractivity contribution in [2.45, 2.75) is 44.0 Å². The van der Waals surface area contributed by atoms with Crippen molar-refractivity contribution in [1.82, 2.24) is 15.5 Å². The molecule has 0 spiro atoms. The molecule has 3 rings (SSSR count). The highest BCUT2D eigenvalue weighted by Crippen LogP contribution is 2.27. The maximum Gasteiger partial charge on any atom is 0.254 e. The molecule has 0 saturated carbocycles. The minimum absolute atomic E-state index is 0.0192. The van der Waals surface area contributed by atoms with E-state index in [0.717, 1.165) is 29.0 Å². The minimum Gasteiger partial charge on any atom is -0.361 e. The molecule has 1 atom stereocenters. The number of nitrogens with one attached hydrogen (secondary N) is 1. The number of hydrogen-bond donors (Lipinski definition) is 1. The van der Waals surface area contributed by atoms with Crippen molar-refractivity contribution in [3.63, 3.8) is 0 Å². The van der Waals surface area contributed by atoms with Crippen LogP contribution in [0.2, 0.25) is 5.02 Å². The fraction of sp³-hybridized carbons (Fsp3) is 0.286. The summed E-state index contributed by atoms with van der Waals surface area (Å²) < 4.78 is 5.21. The van der Waals surface area contributed by atoms with E-state index < -0.39 is 0 Å². The molecule has 0 fully saturated rings. The smallest absolute Gasteiger partial charge is 0.254 e. The average molecular weight is 416 g/mol. The maximum absolute atomic E-state index is 12.8. The lowest BCUT2D eigenvalue weighted by Crippen LogP contribution is -2.34. The van der Waals surface area contributed by atoms with E-state index in [-0.39, 0.29) is 11.9 Å². The molecule has 7 heteroatoms. The Balaban J connectivity index is 1.65. The molecular weight excluding hydrogens is 394 g/mol. The van der Waals surface area contributed by atoms with Gasteiger partial charge in [-0.3, -0.25) is 4.79 Å². The van der Waals surface area contributed by atoms with Gasteiger partial charge in [-0.1, -0.05) is 28.9 Å². The molecular formula is C21H22ClN3O2S. The van der Waals surface area contributed by atoms with Crippen LogP contribution >= 0.6 is 23.4 Å². The number of thioether (sulfide) groups is 1. The fourth-order valence-corrected chi connectivity index (χ4v) is 4.12. The average Bonchev–Trinajstić information content (AvgIpc) is 3.00. The number of benzene rings is 1. The quantitative estimate of drug-likeness (QED) is 0.550. The van der Waals surface area contributed by atoms with Gasteiger partial charge in [-0.15, -0.1) is 11.8 Å². The van der Waals surface area contributed by atoms with Crippen LogP contribution in [0, 0.1) is 13.8 Å². The standard InChI is InChI=1S/C21H22ClN3O2S/c1-13(11-16-6-8-17(22)9-7-16)24-20(26)18-5-4-10-23-21(18)28-12-19-14(2)25-27-15(19)3/h4-10,13H,11-12H2,1-3H3,(H,24,26). The molecule has 1 amide bonds. The minimum atomic E-state index is -0.129. The molecule has 1 N–H and O–H groups in total. The van der Waals surface area contributed by atoms with Crippen molar-refractivity contribution < 1.29 is 9.32 Å². The summed E-state index contributed by atoms with van der Waals surface area (Å²) in [5.41, 5.74) is 3.60. The Labute approximate surface area is 173 Å². The molecule has 0 radical (unpaired) electrons. The van der Waals surface area contributed by atoms with E-state index in [1.807, 2.05) is 45.0 Å². The van der Waals surface area contributed by atoms with Crippen LogP contribution in [0.15, 0.2) is 52.1 Å². The van der Waals surface area contributed by atoms with Gasteiger partial charge in [0.15, 0.2) is 0 Å². The molecule has 0 aliphatic heterocycles. The van der Waals surface area contributed by atoms with Crippen molar-refractivity contribution in [2.24, 2.45) is 0 Å². The highest BCUT2D eigenvalue weighted by molar-refractivity contribution is 7.98. The molecule has 2 aromatic heterocycles. The first-order valence-electron chi connectivity index (χ1n) is 8.99. The SMILES string of the molecule is Cc1noc(C)c1CSc1ncccc1C(=O)NC(C)Cc1ccc(Cl)cc1. The van der Waals surface area contributed by atoms with Gasteiger partial charge >= 0.3 is 0 Å². The van der Waals surface area contributed by atoms with E-state index in [1.165, 1.54) is 11.8 Å². The third-order valence-electron chi connectivity index (χ3n) is 4.38. The Kier molecular flexibility index (Phi) is 6.75. The first-order valence-corrected chi connectivity index (χ1v) is 10.3. The number of aromatic nitrogens is 2. The summed E-state index contributed by atoms with van der Waals surface area (Å²) in [6.07, 6.45) is 2.42. The summed E-state index contributed by atoms with van der Waals surface area (Å²) in [4.78, 5) is 17.2. The number of carbonyl (C=O) groups is 1. The molecule has 0 aliphatic carbocycles. The number of halogens is 1. The van der Waals surface area contributed by atoms with Gasteiger partial charge in [0.25, 0.3) is 5.91 Å². The highest BCUT2D eigenvalue weighted by atomic mass is 35.5. The lowest BCUT2D eigenvalue weighted by Gasteiger charge is -2.15. The molecule has 3 aromatic rings. The lowest BCUT2D eigenvalue weighted by atomic mass is 10.1. The number of nitrogens with zero attached hydrogens (tertiary/aromatic N) is 2. The number of rotatable bonds is 7. The lowest BCUT2D eigenvalue weighted by molar-refractivity contribution is 0.0936.